The molecular formula is C21H23N3O4S3. The second kappa shape index (κ2) is 8.70. The molecule has 3 heterocycles. The van der Waals surface area contributed by atoms with Crippen molar-refractivity contribution in [2.45, 2.75) is 24.8 Å². The van der Waals surface area contributed by atoms with E-state index in [1.54, 1.807) is 45.1 Å². The average Bonchev–Trinajstić information content (AvgIpc) is 3.38. The molecule has 0 spiro atoms. The van der Waals surface area contributed by atoms with Gasteiger partial charge in [0.05, 0.1) is 15.1 Å². The zero-order chi connectivity index (χ0) is 22.2. The number of nitrogens with zero attached hydrogens (tertiary/aromatic N) is 3. The van der Waals surface area contributed by atoms with E-state index >= 15 is 0 Å². The average molecular weight is 478 g/mol. The van der Waals surface area contributed by atoms with Crippen LogP contribution in [-0.4, -0.2) is 54.3 Å². The highest BCUT2D eigenvalue weighted by Crippen LogP contribution is 2.26. The predicted octanol–water partition coefficient (Wildman–Crippen LogP) is 3.25. The molecular weight excluding hydrogens is 454 g/mol. The van der Waals surface area contributed by atoms with Gasteiger partial charge in [0.25, 0.3) is 0 Å². The third-order valence-corrected chi connectivity index (χ3v) is 8.87. The number of carbonyl (C=O) groups is 1. The molecule has 0 aliphatic carbocycles. The van der Waals surface area contributed by atoms with Gasteiger partial charge in [-0.2, -0.15) is 4.31 Å². The molecule has 1 fully saturated rings. The topological polar surface area (TPSA) is 79.7 Å². The van der Waals surface area contributed by atoms with Crippen LogP contribution in [-0.2, 0) is 14.8 Å². The van der Waals surface area contributed by atoms with E-state index in [9.17, 15) is 18.0 Å². The number of thiazole rings is 1. The predicted molar refractivity (Wildman–Crippen MR) is 125 cm³/mol. The highest BCUT2D eigenvalue weighted by molar-refractivity contribution is 7.89. The lowest BCUT2D eigenvalue weighted by Crippen LogP contribution is -2.50. The molecule has 2 aromatic heterocycles. The highest BCUT2D eigenvalue weighted by atomic mass is 32.2. The summed E-state index contributed by atoms with van der Waals surface area (Å²) in [4.78, 5) is 27.4. The van der Waals surface area contributed by atoms with Crippen LogP contribution in [0.3, 0.4) is 0 Å². The van der Waals surface area contributed by atoms with Crippen LogP contribution in [0, 0.1) is 0 Å². The Morgan fingerprint density at radius 1 is 1.13 bits per heavy atom. The molecule has 4 rings (SSSR count). The van der Waals surface area contributed by atoms with Gasteiger partial charge in [0.2, 0.25) is 15.9 Å². The van der Waals surface area contributed by atoms with Gasteiger partial charge in [-0.25, -0.2) is 8.42 Å². The second-order valence-electron chi connectivity index (χ2n) is 7.54. The summed E-state index contributed by atoms with van der Waals surface area (Å²) in [5.41, 5.74) is 0.747. The van der Waals surface area contributed by atoms with Crippen LogP contribution in [0.25, 0.3) is 16.3 Å². The standard InChI is InChI=1S/C21H23N3O4S3/c1-15(2)24-18-7-6-17(14-19(18)30-21(24)26)31(27,28)23-11-9-22(10-12-23)20(25)8-5-16-4-3-13-29-16/h3-8,13-15H,9-12H2,1-2H3/b8-5+. The zero-order valence-corrected chi connectivity index (χ0v) is 19.7. The van der Waals surface area contributed by atoms with Crippen molar-refractivity contribution in [1.82, 2.24) is 13.8 Å². The van der Waals surface area contributed by atoms with Crippen LogP contribution >= 0.6 is 22.7 Å². The fourth-order valence-corrected chi connectivity index (χ4v) is 6.80. The van der Waals surface area contributed by atoms with Gasteiger partial charge in [-0.15, -0.1) is 11.3 Å². The van der Waals surface area contributed by atoms with Gasteiger partial charge in [-0.05, 0) is 49.6 Å². The summed E-state index contributed by atoms with van der Waals surface area (Å²) in [6.45, 7) is 5.01. The van der Waals surface area contributed by atoms with Crippen molar-refractivity contribution < 1.29 is 13.2 Å². The number of sulfonamides is 1. The Labute approximate surface area is 188 Å². The van der Waals surface area contributed by atoms with Crippen molar-refractivity contribution in [3.05, 3.63) is 56.3 Å². The van der Waals surface area contributed by atoms with Crippen molar-refractivity contribution >= 4 is 54.9 Å². The summed E-state index contributed by atoms with van der Waals surface area (Å²) in [5.74, 6) is -0.119. The van der Waals surface area contributed by atoms with Crippen LogP contribution in [0.5, 0.6) is 0 Å². The molecule has 1 saturated heterocycles. The molecule has 1 aliphatic heterocycles. The minimum Gasteiger partial charge on any atom is -0.337 e. The summed E-state index contributed by atoms with van der Waals surface area (Å²) in [6, 6.07) is 8.70. The molecule has 1 aliphatic rings. The number of carbonyl (C=O) groups excluding carboxylic acids is 1. The molecule has 0 N–H and O–H groups in total. The van der Waals surface area contributed by atoms with E-state index in [4.69, 9.17) is 0 Å². The largest absolute Gasteiger partial charge is 0.337 e. The minimum absolute atomic E-state index is 0.00295. The number of thiophene rings is 1. The molecule has 3 aromatic rings. The van der Waals surface area contributed by atoms with Crippen LogP contribution in [0.4, 0.5) is 0 Å². The molecule has 1 aromatic carbocycles. The number of piperazine rings is 1. The fraction of sp³-hybridized carbons (Fsp3) is 0.333. The summed E-state index contributed by atoms with van der Waals surface area (Å²) >= 11 is 2.61. The number of benzene rings is 1. The normalized spacial score (nSPS) is 16.0. The maximum atomic E-state index is 13.1. The van der Waals surface area contributed by atoms with Crippen LogP contribution in [0.2, 0.25) is 0 Å². The van der Waals surface area contributed by atoms with Gasteiger partial charge in [0.15, 0.2) is 0 Å². The summed E-state index contributed by atoms with van der Waals surface area (Å²) in [6.07, 6.45) is 3.31. The monoisotopic (exact) mass is 477 g/mol. The van der Waals surface area contributed by atoms with Crippen molar-refractivity contribution in [1.29, 1.82) is 0 Å². The van der Waals surface area contributed by atoms with E-state index in [0.29, 0.717) is 17.8 Å². The summed E-state index contributed by atoms with van der Waals surface area (Å²) in [5, 5.41) is 1.95. The lowest BCUT2D eigenvalue weighted by atomic mass is 10.3. The number of fused-ring (bicyclic) bond motifs is 1. The van der Waals surface area contributed by atoms with Gasteiger partial charge < -0.3 is 4.90 Å². The molecule has 0 bridgehead atoms. The third-order valence-electron chi connectivity index (χ3n) is 5.22. The number of hydrogen-bond acceptors (Lipinski definition) is 6. The molecule has 1 amide bonds. The first-order chi connectivity index (χ1) is 14.8. The quantitative estimate of drug-likeness (QED) is 0.529. The van der Waals surface area contributed by atoms with Crippen LogP contribution in [0.15, 0.2) is 51.5 Å². The number of amides is 1. The maximum Gasteiger partial charge on any atom is 0.308 e. The molecule has 0 atom stereocenters. The Bertz CT molecular complexity index is 1280. The Kier molecular flexibility index (Phi) is 6.16. The van der Waals surface area contributed by atoms with E-state index in [2.05, 4.69) is 0 Å². The number of rotatable bonds is 5. The van der Waals surface area contributed by atoms with Gasteiger partial charge >= 0.3 is 4.87 Å². The van der Waals surface area contributed by atoms with E-state index < -0.39 is 10.0 Å². The van der Waals surface area contributed by atoms with E-state index in [0.717, 1.165) is 21.7 Å². The van der Waals surface area contributed by atoms with Crippen molar-refractivity contribution in [2.24, 2.45) is 0 Å². The van der Waals surface area contributed by atoms with Gasteiger partial charge in [-0.3, -0.25) is 14.2 Å². The maximum absolute atomic E-state index is 13.1. The van der Waals surface area contributed by atoms with Crippen LogP contribution < -0.4 is 4.87 Å². The SMILES string of the molecule is CC(C)n1c(=O)sc2cc(S(=O)(=O)N3CCN(C(=O)/C=C/c4cccs4)CC3)ccc21. The van der Waals surface area contributed by atoms with Gasteiger partial charge in [-0.1, -0.05) is 17.4 Å². The second-order valence-corrected chi connectivity index (χ2v) is 11.4. The summed E-state index contributed by atoms with van der Waals surface area (Å²) in [7, 11) is -3.70. The van der Waals surface area contributed by atoms with E-state index in [1.807, 2.05) is 31.4 Å². The molecule has 0 unspecified atom stereocenters. The van der Waals surface area contributed by atoms with Gasteiger partial charge in [0.1, 0.15) is 0 Å². The first-order valence-corrected chi connectivity index (χ1v) is 13.1. The summed E-state index contributed by atoms with van der Waals surface area (Å²) < 4.78 is 30.0. The highest BCUT2D eigenvalue weighted by Gasteiger charge is 2.30. The smallest absolute Gasteiger partial charge is 0.308 e. The Morgan fingerprint density at radius 3 is 2.52 bits per heavy atom. The van der Waals surface area contributed by atoms with E-state index in [-0.39, 0.29) is 34.8 Å². The minimum atomic E-state index is -3.70. The molecule has 164 valence electrons. The third kappa shape index (κ3) is 4.38. The van der Waals surface area contributed by atoms with E-state index in [1.165, 1.54) is 10.4 Å². The molecule has 31 heavy (non-hydrogen) atoms. The van der Waals surface area contributed by atoms with Crippen LogP contribution in [0.1, 0.15) is 24.8 Å². The number of aromatic nitrogens is 1. The molecule has 0 saturated carbocycles. The lowest BCUT2D eigenvalue weighted by molar-refractivity contribution is -0.127. The first-order valence-electron chi connectivity index (χ1n) is 9.93. The van der Waals surface area contributed by atoms with Gasteiger partial charge in [0, 0.05) is 43.2 Å². The Hall–Kier alpha value is -2.27. The fourth-order valence-electron chi connectivity index (χ4n) is 3.61. The Balaban J connectivity index is 1.48. The molecule has 7 nitrogen and oxygen atoms in total. The van der Waals surface area contributed by atoms with Crippen molar-refractivity contribution in [3.8, 4) is 0 Å². The van der Waals surface area contributed by atoms with Crippen molar-refractivity contribution in [3.63, 3.8) is 0 Å². The molecule has 10 heteroatoms. The van der Waals surface area contributed by atoms with Crippen molar-refractivity contribution in [2.75, 3.05) is 26.2 Å². The first kappa shape index (κ1) is 21.9. The lowest BCUT2D eigenvalue weighted by Gasteiger charge is -2.33. The number of hydrogen-bond donors (Lipinski definition) is 0. The Morgan fingerprint density at radius 2 is 1.87 bits per heavy atom. The zero-order valence-electron chi connectivity index (χ0n) is 17.2. The molecule has 0 radical (unpaired) electrons.